The zero-order valence-corrected chi connectivity index (χ0v) is 10.3. The van der Waals surface area contributed by atoms with Crippen molar-refractivity contribution in [1.29, 1.82) is 0 Å². The first-order valence-corrected chi connectivity index (χ1v) is 5.31. The molecule has 0 fully saturated rings. The molecule has 78 valence electrons. The molecule has 0 atom stereocenters. The molecule has 1 amide bonds. The molecule has 3 nitrogen and oxygen atoms in total. The van der Waals surface area contributed by atoms with Gasteiger partial charge in [0, 0.05) is 18.7 Å². The average Bonchev–Trinajstić information content (AvgIpc) is 2.17. The minimum Gasteiger partial charge on any atom is -0.345 e. The molecule has 0 aliphatic rings. The van der Waals surface area contributed by atoms with Crippen LogP contribution in [0.2, 0.25) is 5.15 Å². The summed E-state index contributed by atoms with van der Waals surface area (Å²) in [6, 6.07) is 1.66. The van der Waals surface area contributed by atoms with Crippen LogP contribution < -0.4 is 5.32 Å². The second-order valence-electron chi connectivity index (χ2n) is 2.70. The first-order chi connectivity index (χ1) is 7.09. The summed E-state index contributed by atoms with van der Waals surface area (Å²) in [4.78, 5) is 14.4. The number of aromatic nitrogens is 1. The Morgan fingerprint density at radius 1 is 1.73 bits per heavy atom. The van der Waals surface area contributed by atoms with E-state index in [9.17, 15) is 4.79 Å². The molecule has 0 saturated carbocycles. The van der Waals surface area contributed by atoms with Gasteiger partial charge in [0.05, 0.1) is 11.0 Å². The van der Waals surface area contributed by atoms with Gasteiger partial charge in [-0.25, -0.2) is 4.98 Å². The van der Waals surface area contributed by atoms with Crippen LogP contribution in [0.1, 0.15) is 12.5 Å². The van der Waals surface area contributed by atoms with E-state index in [0.717, 1.165) is 10.0 Å². The molecule has 0 aliphatic heterocycles. The fraction of sp³-hybridized carbons (Fsp3) is 0.200. The minimum atomic E-state index is -0.101. The third-order valence-electron chi connectivity index (χ3n) is 1.47. The Bertz CT molecular complexity index is 437. The Labute approximate surface area is 101 Å². The number of amides is 1. The number of rotatable bonds is 1. The number of hydrogen-bond acceptors (Lipinski definition) is 2. The van der Waals surface area contributed by atoms with Crippen LogP contribution >= 0.6 is 27.5 Å². The van der Waals surface area contributed by atoms with Crippen LogP contribution in [0.25, 0.3) is 0 Å². The van der Waals surface area contributed by atoms with E-state index in [2.05, 4.69) is 38.1 Å². The number of nitrogens with zero attached hydrogens (tertiary/aromatic N) is 1. The molecule has 1 aromatic heterocycles. The van der Waals surface area contributed by atoms with Crippen LogP contribution in [0.3, 0.4) is 0 Å². The molecular formula is C10H8BrClN2O. The summed E-state index contributed by atoms with van der Waals surface area (Å²) in [6.45, 7) is 1.77. The first kappa shape index (κ1) is 12.0. The van der Waals surface area contributed by atoms with Gasteiger partial charge in [-0.1, -0.05) is 23.4 Å². The van der Waals surface area contributed by atoms with E-state index in [1.807, 2.05) is 0 Å². The molecule has 1 rings (SSSR count). The third-order valence-corrected chi connectivity index (χ3v) is 2.31. The molecule has 1 heterocycles. The van der Waals surface area contributed by atoms with Gasteiger partial charge >= 0.3 is 0 Å². The van der Waals surface area contributed by atoms with Crippen molar-refractivity contribution < 1.29 is 4.79 Å². The Morgan fingerprint density at radius 2 is 2.47 bits per heavy atom. The molecule has 0 saturated heterocycles. The molecule has 0 aliphatic carbocycles. The first-order valence-electron chi connectivity index (χ1n) is 4.14. The highest BCUT2D eigenvalue weighted by molar-refractivity contribution is 9.10. The number of halogens is 2. The smallest absolute Gasteiger partial charge is 0.217 e. The van der Waals surface area contributed by atoms with E-state index in [-0.39, 0.29) is 5.91 Å². The molecule has 0 aromatic carbocycles. The van der Waals surface area contributed by atoms with Gasteiger partial charge in [0.25, 0.3) is 0 Å². The van der Waals surface area contributed by atoms with Crippen molar-refractivity contribution in [3.63, 3.8) is 0 Å². The predicted octanol–water partition coefficient (Wildman–Crippen LogP) is 1.99. The lowest BCUT2D eigenvalue weighted by Crippen LogP contribution is -2.19. The maximum absolute atomic E-state index is 10.6. The molecule has 0 bridgehead atoms. The number of hydrogen-bond donors (Lipinski definition) is 1. The number of pyridine rings is 1. The summed E-state index contributed by atoms with van der Waals surface area (Å²) in [7, 11) is 0. The molecule has 0 radical (unpaired) electrons. The van der Waals surface area contributed by atoms with Gasteiger partial charge in [-0.15, -0.1) is 0 Å². The van der Waals surface area contributed by atoms with Gasteiger partial charge < -0.3 is 5.32 Å². The highest BCUT2D eigenvalue weighted by Crippen LogP contribution is 2.17. The standard InChI is InChI=1S/C10H8BrClN2O/c1-7(15)13-4-2-3-8-5-10(12)14-6-9(8)11/h5-6H,4H2,1H3,(H,13,15). The average molecular weight is 288 g/mol. The van der Waals surface area contributed by atoms with Crippen molar-refractivity contribution in [2.75, 3.05) is 6.54 Å². The van der Waals surface area contributed by atoms with E-state index < -0.39 is 0 Å². The maximum atomic E-state index is 10.6. The lowest BCUT2D eigenvalue weighted by atomic mass is 10.3. The summed E-state index contributed by atoms with van der Waals surface area (Å²) >= 11 is 9.01. The van der Waals surface area contributed by atoms with Crippen LogP contribution in [0.4, 0.5) is 0 Å². The highest BCUT2D eigenvalue weighted by atomic mass is 79.9. The normalized spacial score (nSPS) is 9.00. The van der Waals surface area contributed by atoms with Gasteiger partial charge in [-0.05, 0) is 22.0 Å². The molecule has 15 heavy (non-hydrogen) atoms. The zero-order valence-electron chi connectivity index (χ0n) is 7.97. The van der Waals surface area contributed by atoms with Crippen LogP contribution in [-0.2, 0) is 4.79 Å². The number of carbonyl (C=O) groups is 1. The van der Waals surface area contributed by atoms with Crippen molar-refractivity contribution >= 4 is 33.4 Å². The monoisotopic (exact) mass is 286 g/mol. The fourth-order valence-corrected chi connectivity index (χ4v) is 1.29. The van der Waals surface area contributed by atoms with Gasteiger partial charge in [0.1, 0.15) is 5.15 Å². The second-order valence-corrected chi connectivity index (χ2v) is 3.94. The van der Waals surface area contributed by atoms with Gasteiger partial charge in [-0.3, -0.25) is 4.79 Å². The van der Waals surface area contributed by atoms with Crippen molar-refractivity contribution in [3.05, 3.63) is 27.5 Å². The van der Waals surface area contributed by atoms with Crippen LogP contribution in [0, 0.1) is 11.8 Å². The van der Waals surface area contributed by atoms with Gasteiger partial charge in [0.2, 0.25) is 5.91 Å². The molecule has 0 unspecified atom stereocenters. The van der Waals surface area contributed by atoms with Crippen molar-refractivity contribution in [1.82, 2.24) is 10.3 Å². The highest BCUT2D eigenvalue weighted by Gasteiger charge is 1.97. The zero-order chi connectivity index (χ0) is 11.3. The number of carbonyl (C=O) groups excluding carboxylic acids is 1. The van der Waals surface area contributed by atoms with Crippen LogP contribution in [-0.4, -0.2) is 17.4 Å². The third kappa shape index (κ3) is 4.32. The minimum absolute atomic E-state index is 0.101. The molecule has 1 N–H and O–H groups in total. The SMILES string of the molecule is CC(=O)NCC#Cc1cc(Cl)ncc1Br. The second kappa shape index (κ2) is 5.74. The fourth-order valence-electron chi connectivity index (χ4n) is 0.817. The summed E-state index contributed by atoms with van der Waals surface area (Å²) < 4.78 is 0.780. The Hall–Kier alpha value is -1.05. The van der Waals surface area contributed by atoms with Crippen molar-refractivity contribution in [2.45, 2.75) is 6.92 Å². The lowest BCUT2D eigenvalue weighted by molar-refractivity contribution is -0.118. The topological polar surface area (TPSA) is 42.0 Å². The summed E-state index contributed by atoms with van der Waals surface area (Å²) in [5.41, 5.74) is 0.750. The molecule has 5 heteroatoms. The summed E-state index contributed by atoms with van der Waals surface area (Å²) in [5.74, 6) is 5.57. The Kier molecular flexibility index (Phi) is 4.60. The van der Waals surface area contributed by atoms with Crippen molar-refractivity contribution in [3.8, 4) is 11.8 Å². The van der Waals surface area contributed by atoms with E-state index >= 15 is 0 Å². The molecular weight excluding hydrogens is 279 g/mol. The predicted molar refractivity (Wildman–Crippen MR) is 62.5 cm³/mol. The van der Waals surface area contributed by atoms with Crippen LogP contribution in [0.5, 0.6) is 0 Å². The quantitative estimate of drug-likeness (QED) is 0.634. The Balaban J connectivity index is 2.71. The summed E-state index contributed by atoms with van der Waals surface area (Å²) in [6.07, 6.45) is 1.59. The number of nitrogens with one attached hydrogen (secondary N) is 1. The Morgan fingerprint density at radius 3 is 3.13 bits per heavy atom. The van der Waals surface area contributed by atoms with Gasteiger partial charge in [-0.2, -0.15) is 0 Å². The maximum Gasteiger partial charge on any atom is 0.217 e. The van der Waals surface area contributed by atoms with Gasteiger partial charge in [0.15, 0.2) is 0 Å². The molecule has 0 spiro atoms. The van der Waals surface area contributed by atoms with E-state index in [0.29, 0.717) is 11.7 Å². The van der Waals surface area contributed by atoms with Crippen LogP contribution in [0.15, 0.2) is 16.7 Å². The largest absolute Gasteiger partial charge is 0.345 e. The summed E-state index contributed by atoms with van der Waals surface area (Å²) in [5, 5.41) is 2.96. The van der Waals surface area contributed by atoms with E-state index in [1.54, 1.807) is 12.3 Å². The van der Waals surface area contributed by atoms with E-state index in [1.165, 1.54) is 6.92 Å². The molecule has 1 aromatic rings. The lowest BCUT2D eigenvalue weighted by Gasteiger charge is -1.95. The van der Waals surface area contributed by atoms with Crippen molar-refractivity contribution in [2.24, 2.45) is 0 Å². The van der Waals surface area contributed by atoms with E-state index in [4.69, 9.17) is 11.6 Å².